The number of benzene rings is 2. The molecule has 23 heavy (non-hydrogen) atoms. The van der Waals surface area contributed by atoms with Gasteiger partial charge in [-0.25, -0.2) is 0 Å². The van der Waals surface area contributed by atoms with Crippen molar-refractivity contribution in [2.24, 2.45) is 0 Å². The summed E-state index contributed by atoms with van der Waals surface area (Å²) in [5.41, 5.74) is -1.83. The first-order valence-corrected chi connectivity index (χ1v) is 6.13. The van der Waals surface area contributed by atoms with E-state index in [4.69, 9.17) is 0 Å². The van der Waals surface area contributed by atoms with Crippen LogP contribution in [0.15, 0.2) is 42.5 Å². The first-order chi connectivity index (χ1) is 10.6. The fourth-order valence-electron chi connectivity index (χ4n) is 1.97. The predicted octanol–water partition coefficient (Wildman–Crippen LogP) is 5.08. The van der Waals surface area contributed by atoms with E-state index in [1.807, 2.05) is 0 Å². The van der Waals surface area contributed by atoms with E-state index in [1.54, 1.807) is 0 Å². The Balaban J connectivity index is 2.64. The quantitative estimate of drug-likeness (QED) is 0.578. The summed E-state index contributed by atoms with van der Waals surface area (Å²) in [6.45, 7) is 0. The molecule has 0 N–H and O–H groups in total. The van der Waals surface area contributed by atoms with Gasteiger partial charge in [-0.1, -0.05) is 24.3 Å². The molecule has 0 atom stereocenters. The maximum Gasteiger partial charge on any atom is 0.573 e. The van der Waals surface area contributed by atoms with E-state index < -0.39 is 23.9 Å². The standard InChI is InChI=1S/C15H8F6O2/c16-14(17,18)10-6-5-9(8-22)12(7-10)11-3-1-2-4-13(11)23-15(19,20)21/h1-8H. The highest BCUT2D eigenvalue weighted by Gasteiger charge is 2.34. The second kappa shape index (κ2) is 5.94. The number of alkyl halides is 6. The van der Waals surface area contributed by atoms with Crippen LogP contribution < -0.4 is 4.74 Å². The summed E-state index contributed by atoms with van der Waals surface area (Å²) in [6.07, 6.45) is -9.45. The minimum absolute atomic E-state index is 0.184. The van der Waals surface area contributed by atoms with Gasteiger partial charge in [-0.05, 0) is 23.8 Å². The second-order valence-electron chi connectivity index (χ2n) is 4.46. The number of carbonyl (C=O) groups excluding carboxylic acids is 1. The van der Waals surface area contributed by atoms with E-state index >= 15 is 0 Å². The molecule has 0 unspecified atom stereocenters. The van der Waals surface area contributed by atoms with Gasteiger partial charge in [0.25, 0.3) is 0 Å². The number of ether oxygens (including phenoxy) is 1. The minimum atomic E-state index is -5.01. The predicted molar refractivity (Wildman–Crippen MR) is 69.0 cm³/mol. The topological polar surface area (TPSA) is 26.3 Å². The lowest BCUT2D eigenvalue weighted by molar-refractivity contribution is -0.274. The number of para-hydroxylation sites is 1. The third-order valence-electron chi connectivity index (χ3n) is 2.91. The van der Waals surface area contributed by atoms with Crippen LogP contribution in [0.25, 0.3) is 11.1 Å². The lowest BCUT2D eigenvalue weighted by Crippen LogP contribution is -2.17. The molecule has 0 aliphatic carbocycles. The third kappa shape index (κ3) is 4.02. The van der Waals surface area contributed by atoms with Crippen LogP contribution in [-0.2, 0) is 6.18 Å². The Bertz CT molecular complexity index is 719. The molecule has 0 saturated carbocycles. The number of carbonyl (C=O) groups is 1. The Morgan fingerprint density at radius 2 is 1.52 bits per heavy atom. The summed E-state index contributed by atoms with van der Waals surface area (Å²) >= 11 is 0. The summed E-state index contributed by atoms with van der Waals surface area (Å²) < 4.78 is 79.4. The average Bonchev–Trinajstić information content (AvgIpc) is 2.44. The van der Waals surface area contributed by atoms with E-state index in [-0.39, 0.29) is 23.0 Å². The van der Waals surface area contributed by atoms with Crippen LogP contribution in [0.2, 0.25) is 0 Å². The van der Waals surface area contributed by atoms with Crippen molar-refractivity contribution in [2.45, 2.75) is 12.5 Å². The van der Waals surface area contributed by atoms with E-state index in [0.29, 0.717) is 12.1 Å². The van der Waals surface area contributed by atoms with Crippen molar-refractivity contribution in [1.82, 2.24) is 0 Å². The monoisotopic (exact) mass is 334 g/mol. The van der Waals surface area contributed by atoms with Gasteiger partial charge in [-0.3, -0.25) is 4.79 Å². The molecule has 0 aliphatic rings. The highest BCUT2D eigenvalue weighted by atomic mass is 19.4. The molecule has 0 heterocycles. The number of hydrogen-bond acceptors (Lipinski definition) is 2. The fraction of sp³-hybridized carbons (Fsp3) is 0.133. The van der Waals surface area contributed by atoms with Gasteiger partial charge in [0.15, 0.2) is 6.29 Å². The second-order valence-corrected chi connectivity index (χ2v) is 4.46. The molecule has 0 amide bonds. The van der Waals surface area contributed by atoms with Crippen LogP contribution in [0.3, 0.4) is 0 Å². The number of halogens is 6. The van der Waals surface area contributed by atoms with Crippen molar-refractivity contribution in [3.8, 4) is 16.9 Å². The Labute approximate surface area is 126 Å². The zero-order valence-electron chi connectivity index (χ0n) is 11.2. The Hall–Kier alpha value is -2.51. The molecule has 2 nitrogen and oxygen atoms in total. The zero-order valence-corrected chi connectivity index (χ0v) is 11.2. The molecular formula is C15H8F6O2. The highest BCUT2D eigenvalue weighted by Crippen LogP contribution is 2.38. The molecule has 2 aromatic rings. The first kappa shape index (κ1) is 16.9. The van der Waals surface area contributed by atoms with Crippen LogP contribution in [0, 0.1) is 0 Å². The van der Waals surface area contributed by atoms with E-state index in [9.17, 15) is 31.1 Å². The summed E-state index contributed by atoms with van der Waals surface area (Å²) in [4.78, 5) is 11.0. The van der Waals surface area contributed by atoms with Gasteiger partial charge < -0.3 is 4.74 Å². The smallest absolute Gasteiger partial charge is 0.405 e. The number of aldehydes is 1. The van der Waals surface area contributed by atoms with Crippen molar-refractivity contribution in [3.63, 3.8) is 0 Å². The summed E-state index contributed by atoms with van der Waals surface area (Å²) in [5, 5.41) is 0. The van der Waals surface area contributed by atoms with Crippen molar-refractivity contribution < 1.29 is 35.9 Å². The molecule has 0 aromatic heterocycles. The van der Waals surface area contributed by atoms with Crippen molar-refractivity contribution >= 4 is 6.29 Å². The highest BCUT2D eigenvalue weighted by molar-refractivity contribution is 5.89. The minimum Gasteiger partial charge on any atom is -0.405 e. The largest absolute Gasteiger partial charge is 0.573 e. The van der Waals surface area contributed by atoms with Gasteiger partial charge in [0.1, 0.15) is 5.75 Å². The third-order valence-corrected chi connectivity index (χ3v) is 2.91. The Kier molecular flexibility index (Phi) is 4.35. The van der Waals surface area contributed by atoms with Gasteiger partial charge in [0.2, 0.25) is 0 Å². The molecule has 0 spiro atoms. The Morgan fingerprint density at radius 3 is 2.09 bits per heavy atom. The van der Waals surface area contributed by atoms with Gasteiger partial charge in [-0.15, -0.1) is 13.2 Å². The maximum absolute atomic E-state index is 12.8. The lowest BCUT2D eigenvalue weighted by Gasteiger charge is -2.16. The maximum atomic E-state index is 12.8. The molecule has 0 bridgehead atoms. The lowest BCUT2D eigenvalue weighted by atomic mass is 9.97. The fourth-order valence-corrected chi connectivity index (χ4v) is 1.97. The summed E-state index contributed by atoms with van der Waals surface area (Å²) in [5.74, 6) is -0.692. The van der Waals surface area contributed by atoms with Gasteiger partial charge in [0.05, 0.1) is 5.56 Å². The van der Waals surface area contributed by atoms with Gasteiger partial charge in [-0.2, -0.15) is 13.2 Å². The van der Waals surface area contributed by atoms with Gasteiger partial charge >= 0.3 is 12.5 Å². The molecule has 0 fully saturated rings. The SMILES string of the molecule is O=Cc1ccc(C(F)(F)F)cc1-c1ccccc1OC(F)(F)F. The average molecular weight is 334 g/mol. The van der Waals surface area contributed by atoms with Crippen molar-refractivity contribution in [2.75, 3.05) is 0 Å². The van der Waals surface area contributed by atoms with Crippen LogP contribution in [0.1, 0.15) is 15.9 Å². The Morgan fingerprint density at radius 1 is 0.870 bits per heavy atom. The van der Waals surface area contributed by atoms with E-state index in [2.05, 4.69) is 4.74 Å². The molecule has 0 radical (unpaired) electrons. The molecule has 2 aromatic carbocycles. The molecule has 122 valence electrons. The van der Waals surface area contributed by atoms with Gasteiger partial charge in [0, 0.05) is 11.1 Å². The number of hydrogen-bond donors (Lipinski definition) is 0. The molecular weight excluding hydrogens is 326 g/mol. The summed E-state index contributed by atoms with van der Waals surface area (Å²) in [7, 11) is 0. The van der Waals surface area contributed by atoms with Crippen molar-refractivity contribution in [1.29, 1.82) is 0 Å². The zero-order chi connectivity index (χ0) is 17.3. The first-order valence-electron chi connectivity index (χ1n) is 6.13. The molecule has 8 heteroatoms. The van der Waals surface area contributed by atoms with Crippen LogP contribution in [0.5, 0.6) is 5.75 Å². The normalized spacial score (nSPS) is 12.1. The number of rotatable bonds is 3. The molecule has 0 aliphatic heterocycles. The molecule has 0 saturated heterocycles. The van der Waals surface area contributed by atoms with E-state index in [1.165, 1.54) is 12.1 Å². The van der Waals surface area contributed by atoms with Crippen molar-refractivity contribution in [3.05, 3.63) is 53.6 Å². The molecule has 2 rings (SSSR count). The van der Waals surface area contributed by atoms with E-state index in [0.717, 1.165) is 18.2 Å². The van der Waals surface area contributed by atoms with Crippen LogP contribution in [-0.4, -0.2) is 12.6 Å². The van der Waals surface area contributed by atoms with Crippen LogP contribution >= 0.6 is 0 Å². The summed E-state index contributed by atoms with van der Waals surface area (Å²) in [6, 6.07) is 6.85. The van der Waals surface area contributed by atoms with Crippen LogP contribution in [0.4, 0.5) is 26.3 Å².